The Hall–Kier alpha value is -0.110. The Morgan fingerprint density at radius 3 is 2.00 bits per heavy atom. The van der Waals surface area contributed by atoms with E-state index in [1.807, 2.05) is 13.8 Å². The first-order valence-electron chi connectivity index (χ1n) is 4.82. The Labute approximate surface area is 74.3 Å². The van der Waals surface area contributed by atoms with Gasteiger partial charge in [0.1, 0.15) is 6.17 Å². The van der Waals surface area contributed by atoms with Gasteiger partial charge in [-0.15, -0.1) is 0 Å². The zero-order valence-corrected chi connectivity index (χ0v) is 8.38. The SMILES string of the molecule is CC(C)[C@@H]1C[C@H](F)[C@H](C(C)C)O1. The van der Waals surface area contributed by atoms with Crippen molar-refractivity contribution in [1.82, 2.24) is 0 Å². The summed E-state index contributed by atoms with van der Waals surface area (Å²) in [6, 6.07) is 0. The Morgan fingerprint density at radius 1 is 1.17 bits per heavy atom. The predicted molar refractivity (Wildman–Crippen MR) is 47.9 cm³/mol. The number of halogens is 1. The molecule has 0 N–H and O–H groups in total. The highest BCUT2D eigenvalue weighted by atomic mass is 19.1. The second-order valence-electron chi connectivity index (χ2n) is 4.38. The third kappa shape index (κ3) is 1.98. The Bertz CT molecular complexity index is 145. The molecule has 1 saturated heterocycles. The normalized spacial score (nSPS) is 36.8. The van der Waals surface area contributed by atoms with Crippen LogP contribution in [0.5, 0.6) is 0 Å². The van der Waals surface area contributed by atoms with E-state index in [4.69, 9.17) is 4.74 Å². The lowest BCUT2D eigenvalue weighted by molar-refractivity contribution is -0.0160. The van der Waals surface area contributed by atoms with Crippen molar-refractivity contribution in [3.05, 3.63) is 0 Å². The first-order valence-corrected chi connectivity index (χ1v) is 4.82. The third-order valence-corrected chi connectivity index (χ3v) is 2.55. The van der Waals surface area contributed by atoms with Crippen molar-refractivity contribution in [3.8, 4) is 0 Å². The van der Waals surface area contributed by atoms with E-state index >= 15 is 0 Å². The van der Waals surface area contributed by atoms with Crippen LogP contribution in [-0.2, 0) is 4.74 Å². The van der Waals surface area contributed by atoms with Gasteiger partial charge in [-0.3, -0.25) is 0 Å². The van der Waals surface area contributed by atoms with Crippen LogP contribution in [0.25, 0.3) is 0 Å². The molecule has 0 unspecified atom stereocenters. The van der Waals surface area contributed by atoms with Gasteiger partial charge >= 0.3 is 0 Å². The van der Waals surface area contributed by atoms with Gasteiger partial charge in [0.15, 0.2) is 0 Å². The molecule has 72 valence electrons. The minimum atomic E-state index is -0.752. The molecule has 1 nitrogen and oxygen atoms in total. The lowest BCUT2D eigenvalue weighted by Crippen LogP contribution is -2.24. The topological polar surface area (TPSA) is 9.23 Å². The second kappa shape index (κ2) is 3.73. The van der Waals surface area contributed by atoms with Gasteiger partial charge in [0.05, 0.1) is 12.2 Å². The highest BCUT2D eigenvalue weighted by molar-refractivity contribution is 4.85. The molecule has 1 rings (SSSR count). The summed E-state index contributed by atoms with van der Waals surface area (Å²) in [6.45, 7) is 8.19. The summed E-state index contributed by atoms with van der Waals surface area (Å²) in [4.78, 5) is 0. The fourth-order valence-corrected chi connectivity index (χ4v) is 1.70. The van der Waals surface area contributed by atoms with Crippen LogP contribution in [0.1, 0.15) is 34.1 Å². The average molecular weight is 174 g/mol. The van der Waals surface area contributed by atoms with Gasteiger partial charge in [0.2, 0.25) is 0 Å². The summed E-state index contributed by atoms with van der Waals surface area (Å²) in [5.74, 6) is 0.732. The van der Waals surface area contributed by atoms with Gasteiger partial charge < -0.3 is 4.74 Å². The maximum Gasteiger partial charge on any atom is 0.129 e. The van der Waals surface area contributed by atoms with Crippen LogP contribution in [0.15, 0.2) is 0 Å². The van der Waals surface area contributed by atoms with Gasteiger partial charge in [-0.2, -0.15) is 0 Å². The van der Waals surface area contributed by atoms with E-state index in [1.165, 1.54) is 0 Å². The van der Waals surface area contributed by atoms with Crippen molar-refractivity contribution in [2.75, 3.05) is 0 Å². The molecule has 0 aromatic rings. The molecule has 0 saturated carbocycles. The van der Waals surface area contributed by atoms with Gasteiger partial charge in [-0.1, -0.05) is 27.7 Å². The Morgan fingerprint density at radius 2 is 1.75 bits per heavy atom. The summed E-state index contributed by atoms with van der Waals surface area (Å²) >= 11 is 0. The molecular weight excluding hydrogens is 155 g/mol. The quantitative estimate of drug-likeness (QED) is 0.625. The standard InChI is InChI=1S/C10H19FO/c1-6(2)9-5-8(11)10(12-9)7(3)4/h6-10H,5H2,1-4H3/t8-,9-,10-/m0/s1. The lowest BCUT2D eigenvalue weighted by Gasteiger charge is -2.18. The molecule has 0 radical (unpaired) electrons. The molecule has 12 heavy (non-hydrogen) atoms. The maximum absolute atomic E-state index is 13.3. The van der Waals surface area contributed by atoms with Gasteiger partial charge in [-0.25, -0.2) is 4.39 Å². The number of rotatable bonds is 2. The molecule has 2 heteroatoms. The van der Waals surface area contributed by atoms with E-state index in [1.54, 1.807) is 0 Å². The number of hydrogen-bond acceptors (Lipinski definition) is 1. The van der Waals surface area contributed by atoms with Crippen LogP contribution in [-0.4, -0.2) is 18.4 Å². The molecule has 0 aromatic heterocycles. The fourth-order valence-electron chi connectivity index (χ4n) is 1.70. The molecule has 1 aliphatic rings. The lowest BCUT2D eigenvalue weighted by atomic mass is 9.99. The molecule has 1 aliphatic heterocycles. The van der Waals surface area contributed by atoms with Crippen molar-refractivity contribution >= 4 is 0 Å². The van der Waals surface area contributed by atoms with Crippen LogP contribution in [0, 0.1) is 11.8 Å². The van der Waals surface area contributed by atoms with Crippen molar-refractivity contribution in [3.63, 3.8) is 0 Å². The molecule has 0 amide bonds. The first kappa shape index (κ1) is 9.97. The Balaban J connectivity index is 2.50. The molecule has 0 aromatic carbocycles. The van der Waals surface area contributed by atoms with Crippen LogP contribution >= 0.6 is 0 Å². The van der Waals surface area contributed by atoms with Crippen LogP contribution in [0.2, 0.25) is 0 Å². The van der Waals surface area contributed by atoms with E-state index in [-0.39, 0.29) is 12.2 Å². The molecule has 0 spiro atoms. The van der Waals surface area contributed by atoms with Crippen molar-refractivity contribution in [2.24, 2.45) is 11.8 Å². The van der Waals surface area contributed by atoms with Crippen molar-refractivity contribution < 1.29 is 9.13 Å². The van der Waals surface area contributed by atoms with Crippen LogP contribution < -0.4 is 0 Å². The summed E-state index contributed by atoms with van der Waals surface area (Å²) in [6.07, 6.45) is -0.206. The first-order chi connectivity index (χ1) is 5.52. The molecule has 0 aliphatic carbocycles. The van der Waals surface area contributed by atoms with Crippen molar-refractivity contribution in [2.45, 2.75) is 52.5 Å². The largest absolute Gasteiger partial charge is 0.371 e. The van der Waals surface area contributed by atoms with E-state index in [0.717, 1.165) is 0 Å². The number of ether oxygens (including phenoxy) is 1. The molecule has 1 fully saturated rings. The summed E-state index contributed by atoms with van der Waals surface area (Å²) in [7, 11) is 0. The second-order valence-corrected chi connectivity index (χ2v) is 4.38. The zero-order valence-electron chi connectivity index (χ0n) is 8.38. The molecule has 0 bridgehead atoms. The summed E-state index contributed by atoms with van der Waals surface area (Å²) in [5, 5.41) is 0. The number of hydrogen-bond donors (Lipinski definition) is 0. The predicted octanol–water partition coefficient (Wildman–Crippen LogP) is 2.79. The minimum absolute atomic E-state index is 0.132. The third-order valence-electron chi connectivity index (χ3n) is 2.55. The molecule has 3 atom stereocenters. The summed E-state index contributed by atoms with van der Waals surface area (Å²) in [5.41, 5.74) is 0. The molecular formula is C10H19FO. The van der Waals surface area contributed by atoms with Gasteiger partial charge in [0, 0.05) is 6.42 Å². The van der Waals surface area contributed by atoms with E-state index in [0.29, 0.717) is 18.3 Å². The van der Waals surface area contributed by atoms with Gasteiger partial charge in [0.25, 0.3) is 0 Å². The highest BCUT2D eigenvalue weighted by Crippen LogP contribution is 2.31. The van der Waals surface area contributed by atoms with Gasteiger partial charge in [-0.05, 0) is 11.8 Å². The zero-order chi connectivity index (χ0) is 9.30. The van der Waals surface area contributed by atoms with Crippen LogP contribution in [0.4, 0.5) is 4.39 Å². The Kier molecular flexibility index (Phi) is 3.10. The average Bonchev–Trinajstić information content (AvgIpc) is 2.30. The monoisotopic (exact) mass is 174 g/mol. The maximum atomic E-state index is 13.3. The van der Waals surface area contributed by atoms with E-state index in [9.17, 15) is 4.39 Å². The highest BCUT2D eigenvalue weighted by Gasteiger charge is 2.38. The fraction of sp³-hybridized carbons (Fsp3) is 1.00. The van der Waals surface area contributed by atoms with Crippen LogP contribution in [0.3, 0.4) is 0 Å². The number of alkyl halides is 1. The van der Waals surface area contributed by atoms with E-state index in [2.05, 4.69) is 13.8 Å². The smallest absolute Gasteiger partial charge is 0.129 e. The van der Waals surface area contributed by atoms with E-state index < -0.39 is 6.17 Å². The molecule has 1 heterocycles. The van der Waals surface area contributed by atoms with Crippen molar-refractivity contribution in [1.29, 1.82) is 0 Å². The minimum Gasteiger partial charge on any atom is -0.371 e. The summed E-state index contributed by atoms with van der Waals surface area (Å²) < 4.78 is 18.9.